The van der Waals surface area contributed by atoms with Crippen LogP contribution in [-0.2, 0) is 0 Å². The smallest absolute Gasteiger partial charge is 0.0840 e. The van der Waals surface area contributed by atoms with Gasteiger partial charge in [-0.05, 0) is 0 Å². The number of hydrogen-bond acceptors (Lipinski definition) is 3. The summed E-state index contributed by atoms with van der Waals surface area (Å²) in [6.07, 6.45) is 0. The van der Waals surface area contributed by atoms with E-state index in [1.165, 1.54) is 0 Å². The third-order valence-corrected chi connectivity index (χ3v) is 0.917. The summed E-state index contributed by atoms with van der Waals surface area (Å²) in [5.41, 5.74) is 4.55. The number of hydrogen-bond donors (Lipinski definition) is 1. The number of rotatable bonds is 0. The van der Waals surface area contributed by atoms with E-state index < -0.39 is 0 Å². The summed E-state index contributed by atoms with van der Waals surface area (Å²) in [6.45, 7) is 12.0. The molecule has 0 radical (unpaired) electrons. The molecule has 0 spiro atoms. The molecule has 1 rings (SSSR count). The zero-order valence-electron chi connectivity index (χ0n) is 8.64. The predicted octanol–water partition coefficient (Wildman–Crippen LogP) is 3.30. The van der Waals surface area contributed by atoms with Gasteiger partial charge in [-0.3, -0.25) is 5.43 Å². The molecule has 70 valence electrons. The second-order valence-electron chi connectivity index (χ2n) is 0.704. The number of nitrogens with zero attached hydrogens (tertiary/aromatic N) is 1. The predicted molar refractivity (Wildman–Crippen MR) is 58.1 cm³/mol. The van der Waals surface area contributed by atoms with Crippen molar-refractivity contribution in [3.8, 4) is 0 Å². The molecule has 0 fully saturated rings. The molecule has 0 atom stereocenters. The molecule has 0 aliphatic carbocycles. The average molecular weight is 178 g/mol. The Balaban J connectivity index is -0.0000000933. The average Bonchev–Trinajstić information content (AvgIpc) is 2.71. The fourth-order valence-corrected chi connectivity index (χ4v) is 0.559. The minimum Gasteiger partial charge on any atom is -0.299 e. The van der Waals surface area contributed by atoms with E-state index in [1.54, 1.807) is 17.3 Å². The highest BCUT2D eigenvalue weighted by Gasteiger charge is 1.83. The van der Waals surface area contributed by atoms with E-state index in [0.717, 1.165) is 5.88 Å². The van der Waals surface area contributed by atoms with E-state index in [0.29, 0.717) is 0 Å². The Bertz CT molecular complexity index is 50.1. The molecule has 1 N–H and O–H groups in total. The van der Waals surface area contributed by atoms with Gasteiger partial charge in [0.25, 0.3) is 0 Å². The molecule has 0 aromatic heterocycles. The van der Waals surface area contributed by atoms with Gasteiger partial charge < -0.3 is 0 Å². The van der Waals surface area contributed by atoms with Crippen LogP contribution in [0.15, 0.2) is 5.10 Å². The van der Waals surface area contributed by atoms with Crippen LogP contribution in [0, 0.1) is 0 Å². The summed E-state index contributed by atoms with van der Waals surface area (Å²) in [5, 5.41) is 3.67. The Labute approximate surface area is 75.8 Å². The maximum atomic E-state index is 3.67. The van der Waals surface area contributed by atoms with E-state index in [-0.39, 0.29) is 0 Å². The molecule has 1 aliphatic heterocycles. The molecular formula is C8H22N2S. The van der Waals surface area contributed by atoms with Gasteiger partial charge in [-0.2, -0.15) is 5.10 Å². The van der Waals surface area contributed by atoms with Gasteiger partial charge in [0.05, 0.1) is 11.4 Å². The van der Waals surface area contributed by atoms with Crippen LogP contribution in [0.5, 0.6) is 0 Å². The quantitative estimate of drug-likeness (QED) is 0.615. The van der Waals surface area contributed by atoms with Crippen molar-refractivity contribution in [2.75, 3.05) is 5.88 Å². The highest BCUT2D eigenvalue weighted by Crippen LogP contribution is 1.94. The third kappa shape index (κ3) is 25.8. The van der Waals surface area contributed by atoms with E-state index in [9.17, 15) is 0 Å². The first-order valence-corrected chi connectivity index (χ1v) is 5.41. The molecule has 0 aromatic rings. The zero-order valence-corrected chi connectivity index (χ0v) is 9.46. The highest BCUT2D eigenvalue weighted by molar-refractivity contribution is 8.12. The number of thioether (sulfide) groups is 1. The highest BCUT2D eigenvalue weighted by atomic mass is 32.2. The van der Waals surface area contributed by atoms with Crippen molar-refractivity contribution in [2.45, 2.75) is 41.5 Å². The standard InChI is InChI=1S/C2H4N2S.3C2H6/c1-3-4-2-5-1;3*1-2/h1,4H,2H2;3*1-2H3. The van der Waals surface area contributed by atoms with E-state index in [1.807, 2.05) is 41.5 Å². The lowest BCUT2D eigenvalue weighted by Gasteiger charge is -1.75. The molecule has 3 heteroatoms. The van der Waals surface area contributed by atoms with Crippen LogP contribution in [0.2, 0.25) is 0 Å². The Morgan fingerprint density at radius 2 is 1.55 bits per heavy atom. The maximum Gasteiger partial charge on any atom is 0.0840 e. The Hall–Kier alpha value is -0.180. The summed E-state index contributed by atoms with van der Waals surface area (Å²) in [7, 11) is 0. The fraction of sp³-hybridized carbons (Fsp3) is 0.875. The first kappa shape index (κ1) is 17.1. The fourth-order valence-electron chi connectivity index (χ4n) is 0.186. The molecule has 11 heavy (non-hydrogen) atoms. The minimum absolute atomic E-state index is 0.944. The summed E-state index contributed by atoms with van der Waals surface area (Å²) < 4.78 is 0. The number of nitrogens with one attached hydrogen (secondary N) is 1. The lowest BCUT2D eigenvalue weighted by molar-refractivity contribution is 0.897. The van der Waals surface area contributed by atoms with Crippen LogP contribution < -0.4 is 5.43 Å². The molecule has 0 saturated carbocycles. The summed E-state index contributed by atoms with van der Waals surface area (Å²) in [4.78, 5) is 0. The van der Waals surface area contributed by atoms with Gasteiger partial charge in [-0.25, -0.2) is 0 Å². The monoisotopic (exact) mass is 178 g/mol. The Morgan fingerprint density at radius 1 is 1.09 bits per heavy atom. The van der Waals surface area contributed by atoms with Crippen LogP contribution >= 0.6 is 11.8 Å². The van der Waals surface area contributed by atoms with Crippen molar-refractivity contribution in [2.24, 2.45) is 5.10 Å². The van der Waals surface area contributed by atoms with Gasteiger partial charge in [-0.1, -0.05) is 53.3 Å². The molecule has 0 saturated heterocycles. The first-order valence-electron chi connectivity index (χ1n) is 4.36. The van der Waals surface area contributed by atoms with Crippen LogP contribution in [0.3, 0.4) is 0 Å². The summed E-state index contributed by atoms with van der Waals surface area (Å²) >= 11 is 1.67. The molecule has 1 aliphatic rings. The van der Waals surface area contributed by atoms with Gasteiger partial charge in [-0.15, -0.1) is 0 Å². The van der Waals surface area contributed by atoms with Crippen molar-refractivity contribution in [3.63, 3.8) is 0 Å². The molecule has 1 heterocycles. The van der Waals surface area contributed by atoms with Gasteiger partial charge in [0.1, 0.15) is 0 Å². The maximum absolute atomic E-state index is 3.67. The van der Waals surface area contributed by atoms with E-state index in [4.69, 9.17) is 0 Å². The van der Waals surface area contributed by atoms with Crippen LogP contribution in [0.25, 0.3) is 0 Å². The molecule has 2 nitrogen and oxygen atoms in total. The van der Waals surface area contributed by atoms with Gasteiger partial charge in [0.2, 0.25) is 0 Å². The topological polar surface area (TPSA) is 24.4 Å². The van der Waals surface area contributed by atoms with Crippen molar-refractivity contribution in [1.29, 1.82) is 0 Å². The third-order valence-electron chi connectivity index (χ3n) is 0.366. The van der Waals surface area contributed by atoms with Crippen molar-refractivity contribution >= 4 is 17.3 Å². The van der Waals surface area contributed by atoms with E-state index in [2.05, 4.69) is 10.5 Å². The van der Waals surface area contributed by atoms with Crippen molar-refractivity contribution in [3.05, 3.63) is 0 Å². The number of hydrazone groups is 1. The van der Waals surface area contributed by atoms with Gasteiger partial charge in [0, 0.05) is 0 Å². The van der Waals surface area contributed by atoms with Gasteiger partial charge in [0.15, 0.2) is 0 Å². The minimum atomic E-state index is 0.944. The Kier molecular flexibility index (Phi) is 51.0. The van der Waals surface area contributed by atoms with E-state index >= 15 is 0 Å². The SMILES string of the molecule is C1=NNCS1.CC.CC.CC. The Morgan fingerprint density at radius 3 is 1.64 bits per heavy atom. The second kappa shape index (κ2) is 32.9. The largest absolute Gasteiger partial charge is 0.299 e. The molecule has 0 aromatic carbocycles. The van der Waals surface area contributed by atoms with Gasteiger partial charge >= 0.3 is 0 Å². The normalized spacial score (nSPS) is 10.4. The van der Waals surface area contributed by atoms with Crippen molar-refractivity contribution < 1.29 is 0 Å². The van der Waals surface area contributed by atoms with Crippen molar-refractivity contribution in [1.82, 2.24) is 5.43 Å². The molecular weight excluding hydrogens is 156 g/mol. The van der Waals surface area contributed by atoms with Crippen LogP contribution in [0.4, 0.5) is 0 Å². The zero-order chi connectivity index (χ0) is 9.54. The lowest BCUT2D eigenvalue weighted by Crippen LogP contribution is -1.93. The molecule has 0 bridgehead atoms. The summed E-state index contributed by atoms with van der Waals surface area (Å²) in [5.74, 6) is 0.944. The van der Waals surface area contributed by atoms with Crippen LogP contribution in [-0.4, -0.2) is 11.4 Å². The lowest BCUT2D eigenvalue weighted by atomic mass is 11.0. The summed E-state index contributed by atoms with van der Waals surface area (Å²) in [6, 6.07) is 0. The first-order chi connectivity index (χ1) is 5.50. The second-order valence-corrected chi connectivity index (χ2v) is 1.54. The molecule has 0 unspecified atom stereocenters. The van der Waals surface area contributed by atoms with Crippen LogP contribution in [0.1, 0.15) is 41.5 Å². The molecule has 0 amide bonds.